The third kappa shape index (κ3) is 3.22. The van der Waals surface area contributed by atoms with Crippen molar-refractivity contribution in [1.29, 1.82) is 0 Å². The smallest absolute Gasteiger partial charge is 0.322 e. The van der Waals surface area contributed by atoms with Crippen LogP contribution in [0.4, 0.5) is 17.6 Å². The molecule has 0 spiro atoms. The molecule has 0 aliphatic heterocycles. The number of ether oxygens (including phenoxy) is 2. The van der Waals surface area contributed by atoms with E-state index in [-0.39, 0.29) is 12.0 Å². The molecule has 1 aromatic carbocycles. The predicted octanol–water partition coefficient (Wildman–Crippen LogP) is 1.98. The number of nitrogens with zero attached hydrogens (tertiary/aromatic N) is 3. The van der Waals surface area contributed by atoms with Crippen molar-refractivity contribution in [3.05, 3.63) is 22.7 Å². The second kappa shape index (κ2) is 5.70. The van der Waals surface area contributed by atoms with E-state index >= 15 is 0 Å². The highest BCUT2D eigenvalue weighted by Crippen LogP contribution is 2.28. The van der Waals surface area contributed by atoms with E-state index < -0.39 is 0 Å². The summed E-state index contributed by atoms with van der Waals surface area (Å²) >= 11 is 3.38. The maximum Gasteiger partial charge on any atom is 0.322 e. The van der Waals surface area contributed by atoms with Crippen molar-refractivity contribution in [2.45, 2.75) is 0 Å². The Hall–Kier alpha value is -2.09. The molecule has 0 aliphatic rings. The van der Waals surface area contributed by atoms with Crippen LogP contribution < -0.4 is 20.5 Å². The Labute approximate surface area is 118 Å². The molecule has 2 aromatic rings. The van der Waals surface area contributed by atoms with Crippen molar-refractivity contribution in [3.63, 3.8) is 0 Å². The zero-order chi connectivity index (χ0) is 13.8. The lowest BCUT2D eigenvalue weighted by molar-refractivity contribution is 0.380. The lowest BCUT2D eigenvalue weighted by atomic mass is 10.3. The van der Waals surface area contributed by atoms with Crippen LogP contribution in [-0.2, 0) is 0 Å². The molecule has 7 nitrogen and oxygen atoms in total. The minimum Gasteiger partial charge on any atom is -0.495 e. The predicted molar refractivity (Wildman–Crippen MR) is 74.8 cm³/mol. The van der Waals surface area contributed by atoms with E-state index in [0.717, 1.165) is 10.2 Å². The number of hydrogen-bond acceptors (Lipinski definition) is 7. The van der Waals surface area contributed by atoms with E-state index in [1.807, 2.05) is 12.1 Å². The normalized spacial score (nSPS) is 10.1. The molecule has 8 heteroatoms. The summed E-state index contributed by atoms with van der Waals surface area (Å²) in [5.41, 5.74) is 6.31. The number of halogens is 1. The van der Waals surface area contributed by atoms with Crippen LogP contribution in [-0.4, -0.2) is 29.2 Å². The van der Waals surface area contributed by atoms with Crippen LogP contribution >= 0.6 is 15.9 Å². The fraction of sp³-hybridized carbons (Fsp3) is 0.182. The average molecular weight is 326 g/mol. The van der Waals surface area contributed by atoms with Crippen LogP contribution in [0.25, 0.3) is 0 Å². The lowest BCUT2D eigenvalue weighted by Crippen LogP contribution is -2.05. The van der Waals surface area contributed by atoms with Crippen molar-refractivity contribution in [3.8, 4) is 11.8 Å². The first kappa shape index (κ1) is 13.3. The molecule has 0 unspecified atom stereocenters. The zero-order valence-electron chi connectivity index (χ0n) is 10.3. The number of nitrogens with two attached hydrogens (primary N) is 1. The van der Waals surface area contributed by atoms with Gasteiger partial charge in [0.2, 0.25) is 11.9 Å². The van der Waals surface area contributed by atoms with Crippen LogP contribution in [0.3, 0.4) is 0 Å². The van der Waals surface area contributed by atoms with E-state index in [0.29, 0.717) is 11.7 Å². The number of hydrogen-bond donors (Lipinski definition) is 2. The Kier molecular flexibility index (Phi) is 4.00. The first-order chi connectivity index (χ1) is 9.12. The van der Waals surface area contributed by atoms with Gasteiger partial charge < -0.3 is 20.5 Å². The molecule has 0 atom stereocenters. The zero-order valence-corrected chi connectivity index (χ0v) is 11.9. The molecule has 0 radical (unpaired) electrons. The topological polar surface area (TPSA) is 95.2 Å². The van der Waals surface area contributed by atoms with Gasteiger partial charge in [0.15, 0.2) is 0 Å². The molecular weight excluding hydrogens is 314 g/mol. The third-order valence-corrected chi connectivity index (χ3v) is 2.88. The summed E-state index contributed by atoms with van der Waals surface area (Å²) in [6.45, 7) is 0. The van der Waals surface area contributed by atoms with Crippen molar-refractivity contribution in [2.24, 2.45) is 0 Å². The van der Waals surface area contributed by atoms with Crippen molar-refractivity contribution in [1.82, 2.24) is 15.0 Å². The fourth-order valence-corrected chi connectivity index (χ4v) is 1.79. The second-order valence-electron chi connectivity index (χ2n) is 3.48. The summed E-state index contributed by atoms with van der Waals surface area (Å²) in [4.78, 5) is 11.8. The van der Waals surface area contributed by atoms with E-state index in [2.05, 4.69) is 36.2 Å². The standard InChI is InChI=1S/C11H12BrN5O2/c1-18-8-5-6(3-4-7(8)12)14-10-15-9(13)16-11(17-10)19-2/h3-5H,1-2H3,(H3,13,14,15,16,17). The van der Waals surface area contributed by atoms with Gasteiger partial charge in [-0.3, -0.25) is 0 Å². The highest BCUT2D eigenvalue weighted by atomic mass is 79.9. The molecule has 1 heterocycles. The number of aromatic nitrogens is 3. The van der Waals surface area contributed by atoms with Gasteiger partial charge in [-0.05, 0) is 28.1 Å². The van der Waals surface area contributed by atoms with Crippen LogP contribution in [0.15, 0.2) is 22.7 Å². The Balaban J connectivity index is 2.28. The van der Waals surface area contributed by atoms with E-state index in [1.165, 1.54) is 7.11 Å². The van der Waals surface area contributed by atoms with Gasteiger partial charge in [0.05, 0.1) is 18.7 Å². The van der Waals surface area contributed by atoms with E-state index in [4.69, 9.17) is 15.2 Å². The van der Waals surface area contributed by atoms with Gasteiger partial charge >= 0.3 is 6.01 Å². The molecular formula is C11H12BrN5O2. The van der Waals surface area contributed by atoms with Crippen LogP contribution in [0, 0.1) is 0 Å². The summed E-state index contributed by atoms with van der Waals surface area (Å²) in [5, 5.41) is 3.00. The van der Waals surface area contributed by atoms with Gasteiger partial charge in [0.25, 0.3) is 0 Å². The number of anilines is 3. The molecule has 1 aromatic heterocycles. The molecule has 0 bridgehead atoms. The summed E-state index contributed by atoms with van der Waals surface area (Å²) < 4.78 is 11.0. The maximum absolute atomic E-state index is 5.55. The number of benzene rings is 1. The van der Waals surface area contributed by atoms with Crippen LogP contribution in [0.2, 0.25) is 0 Å². The highest BCUT2D eigenvalue weighted by molar-refractivity contribution is 9.10. The van der Waals surface area contributed by atoms with Gasteiger partial charge in [-0.2, -0.15) is 15.0 Å². The first-order valence-electron chi connectivity index (χ1n) is 5.28. The van der Waals surface area contributed by atoms with Crippen LogP contribution in [0.5, 0.6) is 11.8 Å². The van der Waals surface area contributed by atoms with Crippen molar-refractivity contribution in [2.75, 3.05) is 25.3 Å². The van der Waals surface area contributed by atoms with Gasteiger partial charge in [0.1, 0.15) is 5.75 Å². The Bertz CT molecular complexity index is 593. The van der Waals surface area contributed by atoms with Gasteiger partial charge in [-0.15, -0.1) is 0 Å². The molecule has 19 heavy (non-hydrogen) atoms. The molecule has 0 amide bonds. The highest BCUT2D eigenvalue weighted by Gasteiger charge is 2.06. The summed E-state index contributed by atoms with van der Waals surface area (Å²) in [6.07, 6.45) is 0. The summed E-state index contributed by atoms with van der Waals surface area (Å²) in [7, 11) is 3.05. The lowest BCUT2D eigenvalue weighted by Gasteiger charge is -2.09. The average Bonchev–Trinajstić information content (AvgIpc) is 2.40. The SMILES string of the molecule is COc1nc(N)nc(Nc2ccc(Br)c(OC)c2)n1. The fourth-order valence-electron chi connectivity index (χ4n) is 1.39. The van der Waals surface area contributed by atoms with Crippen LogP contribution in [0.1, 0.15) is 0 Å². The third-order valence-electron chi connectivity index (χ3n) is 2.22. The quantitative estimate of drug-likeness (QED) is 0.887. The van der Waals surface area contributed by atoms with Gasteiger partial charge in [0, 0.05) is 11.8 Å². The van der Waals surface area contributed by atoms with Crippen molar-refractivity contribution < 1.29 is 9.47 Å². The first-order valence-corrected chi connectivity index (χ1v) is 6.08. The van der Waals surface area contributed by atoms with E-state index in [9.17, 15) is 0 Å². The molecule has 0 aliphatic carbocycles. The molecule has 0 fully saturated rings. The number of nitrogen functional groups attached to an aromatic ring is 1. The Morgan fingerprint density at radius 3 is 2.63 bits per heavy atom. The number of nitrogens with one attached hydrogen (secondary N) is 1. The Morgan fingerprint density at radius 2 is 1.95 bits per heavy atom. The molecule has 2 rings (SSSR count). The second-order valence-corrected chi connectivity index (χ2v) is 4.33. The van der Waals surface area contributed by atoms with Gasteiger partial charge in [-0.1, -0.05) is 0 Å². The largest absolute Gasteiger partial charge is 0.495 e. The minimum absolute atomic E-state index is 0.0819. The van der Waals surface area contributed by atoms with Crippen molar-refractivity contribution >= 4 is 33.5 Å². The maximum atomic E-state index is 5.55. The monoisotopic (exact) mass is 325 g/mol. The minimum atomic E-state index is 0.0819. The molecule has 3 N–H and O–H groups in total. The number of rotatable bonds is 4. The van der Waals surface area contributed by atoms with Gasteiger partial charge in [-0.25, -0.2) is 0 Å². The molecule has 0 saturated heterocycles. The molecule has 100 valence electrons. The molecule has 0 saturated carbocycles. The number of methoxy groups -OCH3 is 2. The Morgan fingerprint density at radius 1 is 1.16 bits per heavy atom. The van der Waals surface area contributed by atoms with E-state index in [1.54, 1.807) is 13.2 Å². The summed E-state index contributed by atoms with van der Waals surface area (Å²) in [6, 6.07) is 5.65. The summed E-state index contributed by atoms with van der Waals surface area (Å²) in [5.74, 6) is 1.08.